The van der Waals surface area contributed by atoms with E-state index in [1.54, 1.807) is 24.3 Å². The van der Waals surface area contributed by atoms with Crippen molar-refractivity contribution < 1.29 is 19.1 Å². The average Bonchev–Trinajstić information content (AvgIpc) is 2.54. The van der Waals surface area contributed by atoms with E-state index < -0.39 is 12.1 Å². The van der Waals surface area contributed by atoms with Crippen molar-refractivity contribution in [1.29, 1.82) is 0 Å². The van der Waals surface area contributed by atoms with Gasteiger partial charge in [0, 0.05) is 5.69 Å². The number of methoxy groups -OCH3 is 1. The van der Waals surface area contributed by atoms with Crippen molar-refractivity contribution in [2.75, 3.05) is 12.4 Å². The molecule has 1 aliphatic carbocycles. The Balaban J connectivity index is 2.00. The molecule has 2 rings (SSSR count). The summed E-state index contributed by atoms with van der Waals surface area (Å²) in [4.78, 5) is 23.8. The fourth-order valence-electron chi connectivity index (χ4n) is 3.38. The number of carbonyl (C=O) groups excluding carboxylic acids is 2. The molecule has 1 N–H and O–H groups in total. The molecule has 0 bridgehead atoms. The number of nitrogens with one attached hydrogen (secondary N) is 1. The Kier molecular flexibility index (Phi) is 6.23. The van der Waals surface area contributed by atoms with Crippen LogP contribution < -0.4 is 5.32 Å². The molecule has 1 aromatic rings. The molecule has 132 valence electrons. The first kappa shape index (κ1) is 18.3. The number of ether oxygens (including phenoxy) is 2. The zero-order chi connectivity index (χ0) is 17.7. The molecule has 1 aliphatic rings. The van der Waals surface area contributed by atoms with E-state index in [4.69, 9.17) is 4.74 Å². The number of amides is 1. The molecular weight excluding hydrogens is 306 g/mol. The number of esters is 1. The number of anilines is 1. The van der Waals surface area contributed by atoms with Gasteiger partial charge in [-0.05, 0) is 48.8 Å². The third-order valence-electron chi connectivity index (χ3n) is 4.75. The van der Waals surface area contributed by atoms with E-state index in [0.29, 0.717) is 29.0 Å². The first-order valence-electron chi connectivity index (χ1n) is 8.56. The molecule has 1 saturated carbocycles. The van der Waals surface area contributed by atoms with Crippen molar-refractivity contribution in [1.82, 2.24) is 0 Å². The monoisotopic (exact) mass is 333 g/mol. The van der Waals surface area contributed by atoms with Crippen LogP contribution in [-0.2, 0) is 9.47 Å². The first-order valence-corrected chi connectivity index (χ1v) is 8.56. The lowest BCUT2D eigenvalue weighted by Crippen LogP contribution is -2.36. The van der Waals surface area contributed by atoms with Crippen LogP contribution in [0.2, 0.25) is 0 Å². The van der Waals surface area contributed by atoms with Crippen LogP contribution in [0.4, 0.5) is 10.5 Å². The topological polar surface area (TPSA) is 64.6 Å². The Hall–Kier alpha value is -2.04. The van der Waals surface area contributed by atoms with Crippen molar-refractivity contribution >= 4 is 17.7 Å². The fourth-order valence-corrected chi connectivity index (χ4v) is 3.38. The van der Waals surface area contributed by atoms with Crippen molar-refractivity contribution in [2.45, 2.75) is 46.1 Å². The van der Waals surface area contributed by atoms with Gasteiger partial charge in [0.1, 0.15) is 6.10 Å². The van der Waals surface area contributed by atoms with E-state index in [1.165, 1.54) is 13.5 Å². The predicted molar refractivity (Wildman–Crippen MR) is 93.0 cm³/mol. The summed E-state index contributed by atoms with van der Waals surface area (Å²) < 4.78 is 10.4. The molecule has 0 unspecified atom stereocenters. The summed E-state index contributed by atoms with van der Waals surface area (Å²) in [5, 5.41) is 2.71. The Morgan fingerprint density at radius 1 is 1.25 bits per heavy atom. The number of hydrogen-bond donors (Lipinski definition) is 1. The van der Waals surface area contributed by atoms with Gasteiger partial charge in [0.2, 0.25) is 0 Å². The van der Waals surface area contributed by atoms with Crippen molar-refractivity contribution in [2.24, 2.45) is 17.8 Å². The number of carbonyl (C=O) groups is 2. The highest BCUT2D eigenvalue weighted by Gasteiger charge is 2.33. The second-order valence-corrected chi connectivity index (χ2v) is 6.97. The maximum atomic E-state index is 12.3. The molecule has 0 saturated heterocycles. The van der Waals surface area contributed by atoms with Gasteiger partial charge in [-0.15, -0.1) is 0 Å². The molecule has 0 radical (unpaired) electrons. The summed E-state index contributed by atoms with van der Waals surface area (Å²) in [7, 11) is 1.33. The van der Waals surface area contributed by atoms with E-state index in [0.717, 1.165) is 12.8 Å². The molecule has 0 spiro atoms. The van der Waals surface area contributed by atoms with Crippen LogP contribution >= 0.6 is 0 Å². The lowest BCUT2D eigenvalue weighted by atomic mass is 9.75. The Morgan fingerprint density at radius 3 is 2.67 bits per heavy atom. The smallest absolute Gasteiger partial charge is 0.411 e. The Labute approximate surface area is 143 Å². The largest absolute Gasteiger partial charge is 0.465 e. The zero-order valence-corrected chi connectivity index (χ0v) is 14.9. The van der Waals surface area contributed by atoms with Crippen LogP contribution in [0.25, 0.3) is 0 Å². The second kappa shape index (κ2) is 8.18. The minimum atomic E-state index is -0.471. The van der Waals surface area contributed by atoms with Crippen LogP contribution in [-0.4, -0.2) is 25.3 Å². The SMILES string of the molecule is COC(=O)c1cccc(NC(=O)O[C@@H]2C[C@H](C)CC[C@H]2C(C)C)c1. The van der Waals surface area contributed by atoms with Crippen LogP contribution in [0.3, 0.4) is 0 Å². The van der Waals surface area contributed by atoms with Gasteiger partial charge >= 0.3 is 12.1 Å². The quantitative estimate of drug-likeness (QED) is 0.825. The number of rotatable bonds is 4. The number of hydrogen-bond acceptors (Lipinski definition) is 4. The molecule has 1 fully saturated rings. The van der Waals surface area contributed by atoms with Gasteiger partial charge in [-0.25, -0.2) is 9.59 Å². The zero-order valence-electron chi connectivity index (χ0n) is 14.9. The van der Waals surface area contributed by atoms with Gasteiger partial charge in [0.15, 0.2) is 0 Å². The molecule has 1 aromatic carbocycles. The Bertz CT molecular complexity index is 584. The molecule has 3 atom stereocenters. The fraction of sp³-hybridized carbons (Fsp3) is 0.579. The average molecular weight is 333 g/mol. The molecule has 0 aliphatic heterocycles. The van der Waals surface area contributed by atoms with Gasteiger partial charge in [-0.1, -0.05) is 33.3 Å². The summed E-state index contributed by atoms with van der Waals surface area (Å²) in [5.74, 6) is 1.01. The summed E-state index contributed by atoms with van der Waals surface area (Å²) in [6.07, 6.45) is 2.65. The normalized spacial score (nSPS) is 23.6. The van der Waals surface area contributed by atoms with Gasteiger partial charge < -0.3 is 9.47 Å². The van der Waals surface area contributed by atoms with Gasteiger partial charge in [0.05, 0.1) is 12.7 Å². The minimum Gasteiger partial charge on any atom is -0.465 e. The first-order chi connectivity index (χ1) is 11.4. The maximum absolute atomic E-state index is 12.3. The minimum absolute atomic E-state index is 0.0578. The predicted octanol–water partition coefficient (Wildman–Crippen LogP) is 4.48. The van der Waals surface area contributed by atoms with E-state index in [-0.39, 0.29) is 6.10 Å². The highest BCUT2D eigenvalue weighted by atomic mass is 16.6. The Morgan fingerprint density at radius 2 is 2.00 bits per heavy atom. The molecule has 24 heavy (non-hydrogen) atoms. The van der Waals surface area contributed by atoms with Crippen LogP contribution in [0, 0.1) is 17.8 Å². The van der Waals surface area contributed by atoms with Gasteiger partial charge in [0.25, 0.3) is 0 Å². The molecular formula is C19H27NO4. The molecule has 5 nitrogen and oxygen atoms in total. The van der Waals surface area contributed by atoms with E-state index in [2.05, 4.69) is 30.8 Å². The molecule has 5 heteroatoms. The van der Waals surface area contributed by atoms with Crippen molar-refractivity contribution in [3.05, 3.63) is 29.8 Å². The van der Waals surface area contributed by atoms with Gasteiger partial charge in [-0.3, -0.25) is 5.32 Å². The summed E-state index contributed by atoms with van der Waals surface area (Å²) in [6, 6.07) is 6.63. The molecule has 0 aromatic heterocycles. The lowest BCUT2D eigenvalue weighted by molar-refractivity contribution is 0.0126. The maximum Gasteiger partial charge on any atom is 0.411 e. The van der Waals surface area contributed by atoms with E-state index >= 15 is 0 Å². The lowest BCUT2D eigenvalue weighted by Gasteiger charge is -2.36. The second-order valence-electron chi connectivity index (χ2n) is 6.97. The summed E-state index contributed by atoms with van der Waals surface area (Å²) in [6.45, 7) is 6.55. The highest BCUT2D eigenvalue weighted by Crippen LogP contribution is 2.35. The van der Waals surface area contributed by atoms with Crippen LogP contribution in [0.5, 0.6) is 0 Å². The summed E-state index contributed by atoms with van der Waals surface area (Å²) >= 11 is 0. The highest BCUT2D eigenvalue weighted by molar-refractivity contribution is 5.92. The standard InChI is InChI=1S/C19H27NO4/c1-12(2)16-9-8-13(3)10-17(16)24-19(22)20-15-7-5-6-14(11-15)18(21)23-4/h5-7,11-13,16-17H,8-10H2,1-4H3,(H,20,22)/t13-,16+,17-/m1/s1. The van der Waals surface area contributed by atoms with Crippen molar-refractivity contribution in [3.63, 3.8) is 0 Å². The number of benzene rings is 1. The van der Waals surface area contributed by atoms with Crippen LogP contribution in [0.15, 0.2) is 24.3 Å². The summed E-state index contributed by atoms with van der Waals surface area (Å²) in [5.41, 5.74) is 0.912. The van der Waals surface area contributed by atoms with E-state index in [1.807, 2.05) is 0 Å². The molecule has 0 heterocycles. The van der Waals surface area contributed by atoms with E-state index in [9.17, 15) is 9.59 Å². The third kappa shape index (κ3) is 4.73. The van der Waals surface area contributed by atoms with Crippen molar-refractivity contribution in [3.8, 4) is 0 Å². The molecule has 1 amide bonds. The van der Waals surface area contributed by atoms with Crippen LogP contribution in [0.1, 0.15) is 50.4 Å². The van der Waals surface area contributed by atoms with Gasteiger partial charge in [-0.2, -0.15) is 0 Å². The third-order valence-corrected chi connectivity index (χ3v) is 4.75.